The number of hydrogen-bond donors (Lipinski definition) is 1. The Hall–Kier alpha value is -2.17. The van der Waals surface area contributed by atoms with Gasteiger partial charge in [-0.15, -0.1) is 0 Å². The smallest absolute Gasteiger partial charge is 0.272 e. The van der Waals surface area contributed by atoms with Crippen LogP contribution in [0.3, 0.4) is 0 Å². The van der Waals surface area contributed by atoms with Gasteiger partial charge in [-0.3, -0.25) is 14.2 Å². The maximum atomic E-state index is 12.1. The number of aryl methyl sites for hydroxylation is 1. The fraction of sp³-hybridized carbons (Fsp3) is 0.357. The van der Waals surface area contributed by atoms with Gasteiger partial charge in [0.15, 0.2) is 0 Å². The fourth-order valence-electron chi connectivity index (χ4n) is 1.94. The van der Waals surface area contributed by atoms with Crippen LogP contribution in [0.4, 0.5) is 0 Å². The van der Waals surface area contributed by atoms with Gasteiger partial charge in [-0.2, -0.15) is 0 Å². The Morgan fingerprint density at radius 2 is 2.11 bits per heavy atom. The van der Waals surface area contributed by atoms with Crippen molar-refractivity contribution in [1.29, 1.82) is 0 Å². The Labute approximate surface area is 111 Å². The molecule has 0 aliphatic heterocycles. The number of carbonyl (C=O) groups excluding carboxylic acids is 1. The molecule has 100 valence electrons. The van der Waals surface area contributed by atoms with Gasteiger partial charge in [-0.05, 0) is 25.5 Å². The minimum atomic E-state index is -0.217. The molecule has 19 heavy (non-hydrogen) atoms. The molecule has 1 N–H and O–H groups in total. The minimum absolute atomic E-state index is 0.0305. The minimum Gasteiger partial charge on any atom is -0.355 e. The molecule has 1 aromatic carbocycles. The molecule has 0 spiro atoms. The Morgan fingerprint density at radius 1 is 1.37 bits per heavy atom. The number of carbonyl (C=O) groups is 1. The van der Waals surface area contributed by atoms with Crippen LogP contribution in [-0.4, -0.2) is 22.0 Å². The summed E-state index contributed by atoms with van der Waals surface area (Å²) in [7, 11) is 0. The van der Waals surface area contributed by atoms with Crippen molar-refractivity contribution in [3.05, 3.63) is 40.3 Å². The molecule has 5 heteroatoms. The number of nitrogens with zero attached hydrogens (tertiary/aromatic N) is 2. The van der Waals surface area contributed by atoms with E-state index < -0.39 is 0 Å². The van der Waals surface area contributed by atoms with E-state index in [-0.39, 0.29) is 18.0 Å². The van der Waals surface area contributed by atoms with E-state index in [2.05, 4.69) is 10.3 Å². The van der Waals surface area contributed by atoms with Gasteiger partial charge in [0, 0.05) is 6.54 Å². The lowest BCUT2D eigenvalue weighted by atomic mass is 10.2. The van der Waals surface area contributed by atoms with Crippen molar-refractivity contribution in [3.8, 4) is 0 Å². The molecule has 1 aromatic heterocycles. The van der Waals surface area contributed by atoms with E-state index in [4.69, 9.17) is 0 Å². The van der Waals surface area contributed by atoms with Gasteiger partial charge >= 0.3 is 0 Å². The predicted molar refractivity (Wildman–Crippen MR) is 74.0 cm³/mol. The average molecular weight is 259 g/mol. The van der Waals surface area contributed by atoms with Gasteiger partial charge < -0.3 is 5.32 Å². The zero-order chi connectivity index (χ0) is 13.8. The second kappa shape index (κ2) is 5.65. The topological polar surface area (TPSA) is 64.0 Å². The van der Waals surface area contributed by atoms with Crippen molar-refractivity contribution in [1.82, 2.24) is 14.9 Å². The lowest BCUT2D eigenvalue weighted by molar-refractivity contribution is -0.121. The molecule has 1 amide bonds. The average Bonchev–Trinajstić information content (AvgIpc) is 2.41. The SMILES string of the molecule is CCCNC(=O)Cn1c(=O)c(C)nc2ccccc21. The monoisotopic (exact) mass is 259 g/mol. The summed E-state index contributed by atoms with van der Waals surface area (Å²) >= 11 is 0. The molecule has 0 saturated heterocycles. The Balaban J connectivity index is 2.43. The van der Waals surface area contributed by atoms with E-state index in [1.807, 2.05) is 25.1 Å². The third-order valence-electron chi connectivity index (χ3n) is 2.89. The van der Waals surface area contributed by atoms with E-state index in [0.29, 0.717) is 17.8 Å². The van der Waals surface area contributed by atoms with Gasteiger partial charge in [0.2, 0.25) is 5.91 Å². The van der Waals surface area contributed by atoms with E-state index in [0.717, 1.165) is 11.9 Å². The summed E-state index contributed by atoms with van der Waals surface area (Å²) in [5, 5.41) is 2.77. The molecule has 2 aromatic rings. The molecule has 0 aliphatic rings. The van der Waals surface area contributed by atoms with Crippen molar-refractivity contribution in [3.63, 3.8) is 0 Å². The molecule has 1 heterocycles. The summed E-state index contributed by atoms with van der Waals surface area (Å²) in [5.74, 6) is -0.153. The first kappa shape index (κ1) is 13.3. The Morgan fingerprint density at radius 3 is 2.84 bits per heavy atom. The molecular formula is C14H17N3O2. The van der Waals surface area contributed by atoms with Crippen LogP contribution in [-0.2, 0) is 11.3 Å². The highest BCUT2D eigenvalue weighted by atomic mass is 16.2. The summed E-state index contributed by atoms with van der Waals surface area (Å²) in [4.78, 5) is 28.1. The fourth-order valence-corrected chi connectivity index (χ4v) is 1.94. The second-order valence-corrected chi connectivity index (χ2v) is 4.43. The number of para-hydroxylation sites is 2. The number of amides is 1. The van der Waals surface area contributed by atoms with E-state index in [1.165, 1.54) is 4.57 Å². The maximum Gasteiger partial charge on any atom is 0.272 e. The van der Waals surface area contributed by atoms with E-state index >= 15 is 0 Å². The zero-order valence-electron chi connectivity index (χ0n) is 11.1. The largest absolute Gasteiger partial charge is 0.355 e. The van der Waals surface area contributed by atoms with Gasteiger partial charge in [0.1, 0.15) is 12.2 Å². The maximum absolute atomic E-state index is 12.1. The van der Waals surface area contributed by atoms with Gasteiger partial charge in [-0.25, -0.2) is 4.98 Å². The quantitative estimate of drug-likeness (QED) is 0.898. The van der Waals surface area contributed by atoms with Gasteiger partial charge in [0.05, 0.1) is 11.0 Å². The molecule has 0 radical (unpaired) electrons. The highest BCUT2D eigenvalue weighted by Gasteiger charge is 2.10. The normalized spacial score (nSPS) is 10.6. The van der Waals surface area contributed by atoms with Crippen LogP contribution in [0.15, 0.2) is 29.1 Å². The number of benzene rings is 1. The van der Waals surface area contributed by atoms with Crippen molar-refractivity contribution in [2.45, 2.75) is 26.8 Å². The van der Waals surface area contributed by atoms with E-state index in [1.54, 1.807) is 13.0 Å². The highest BCUT2D eigenvalue weighted by Crippen LogP contribution is 2.09. The Bertz CT molecular complexity index is 661. The summed E-state index contributed by atoms with van der Waals surface area (Å²) in [6, 6.07) is 7.33. The lowest BCUT2D eigenvalue weighted by Gasteiger charge is -2.10. The number of fused-ring (bicyclic) bond motifs is 1. The summed E-state index contributed by atoms with van der Waals surface area (Å²) in [5.41, 5.74) is 1.60. The third kappa shape index (κ3) is 2.81. The van der Waals surface area contributed by atoms with Crippen LogP contribution in [0.5, 0.6) is 0 Å². The van der Waals surface area contributed by atoms with Crippen LogP contribution < -0.4 is 10.9 Å². The number of nitrogens with one attached hydrogen (secondary N) is 1. The number of hydrogen-bond acceptors (Lipinski definition) is 3. The summed E-state index contributed by atoms with van der Waals surface area (Å²) in [6.45, 7) is 4.30. The first-order valence-corrected chi connectivity index (χ1v) is 6.36. The van der Waals surface area contributed by atoms with Crippen LogP contribution in [0, 0.1) is 6.92 Å². The third-order valence-corrected chi connectivity index (χ3v) is 2.89. The van der Waals surface area contributed by atoms with Crippen molar-refractivity contribution in [2.75, 3.05) is 6.54 Å². The lowest BCUT2D eigenvalue weighted by Crippen LogP contribution is -2.34. The van der Waals surface area contributed by atoms with Crippen molar-refractivity contribution in [2.24, 2.45) is 0 Å². The number of rotatable bonds is 4. The first-order valence-electron chi connectivity index (χ1n) is 6.36. The summed E-state index contributed by atoms with van der Waals surface area (Å²) < 4.78 is 1.47. The van der Waals surface area contributed by atoms with Gasteiger partial charge in [-0.1, -0.05) is 19.1 Å². The highest BCUT2D eigenvalue weighted by molar-refractivity contribution is 5.80. The van der Waals surface area contributed by atoms with Crippen LogP contribution >= 0.6 is 0 Å². The molecular weight excluding hydrogens is 242 g/mol. The molecule has 2 rings (SSSR count). The van der Waals surface area contributed by atoms with Gasteiger partial charge in [0.25, 0.3) is 5.56 Å². The molecule has 5 nitrogen and oxygen atoms in total. The predicted octanol–water partition coefficient (Wildman–Crippen LogP) is 1.23. The second-order valence-electron chi connectivity index (χ2n) is 4.43. The van der Waals surface area contributed by atoms with Crippen LogP contribution in [0.1, 0.15) is 19.0 Å². The van der Waals surface area contributed by atoms with Crippen molar-refractivity contribution < 1.29 is 4.79 Å². The molecule has 0 saturated carbocycles. The molecule has 0 bridgehead atoms. The van der Waals surface area contributed by atoms with E-state index in [9.17, 15) is 9.59 Å². The number of aromatic nitrogens is 2. The molecule has 0 unspecified atom stereocenters. The standard InChI is InChI=1S/C14H17N3O2/c1-3-8-15-13(18)9-17-12-7-5-4-6-11(12)16-10(2)14(17)19/h4-7H,3,8-9H2,1-2H3,(H,15,18). The first-order chi connectivity index (χ1) is 9.13. The molecule has 0 fully saturated rings. The van der Waals surface area contributed by atoms with Crippen LogP contribution in [0.2, 0.25) is 0 Å². The molecule has 0 aliphatic carbocycles. The Kier molecular flexibility index (Phi) is 3.94. The molecule has 0 atom stereocenters. The van der Waals surface area contributed by atoms with Crippen LogP contribution in [0.25, 0.3) is 11.0 Å². The van der Waals surface area contributed by atoms with Crippen molar-refractivity contribution >= 4 is 16.9 Å². The zero-order valence-corrected chi connectivity index (χ0v) is 11.1. The summed E-state index contributed by atoms with van der Waals surface area (Å²) in [6.07, 6.45) is 0.872.